The van der Waals surface area contributed by atoms with Gasteiger partial charge in [-0.05, 0) is 43.1 Å². The van der Waals surface area contributed by atoms with Gasteiger partial charge in [0.25, 0.3) is 5.91 Å². The van der Waals surface area contributed by atoms with Crippen LogP contribution in [0.3, 0.4) is 0 Å². The maximum atomic E-state index is 12.0. The minimum absolute atomic E-state index is 0.0207. The Bertz CT molecular complexity index is 403. The molecule has 1 aromatic heterocycles. The second kappa shape index (κ2) is 3.86. The Labute approximate surface area is 101 Å². The van der Waals surface area contributed by atoms with Crippen LogP contribution in [0.2, 0.25) is 0 Å². The summed E-state index contributed by atoms with van der Waals surface area (Å²) < 4.78 is 0. The predicted octanol–water partition coefficient (Wildman–Crippen LogP) is 2.22. The van der Waals surface area contributed by atoms with Gasteiger partial charge in [-0.1, -0.05) is 6.42 Å². The fraction of sp³-hybridized carbons (Fsp3) is 0.615. The van der Waals surface area contributed by atoms with Crippen molar-refractivity contribution in [2.24, 2.45) is 11.3 Å². The Morgan fingerprint density at radius 3 is 2.88 bits per heavy atom. The van der Waals surface area contributed by atoms with Gasteiger partial charge in [0.15, 0.2) is 0 Å². The molecule has 91 valence electrons. The van der Waals surface area contributed by atoms with Crippen LogP contribution in [0.25, 0.3) is 0 Å². The fourth-order valence-corrected chi connectivity index (χ4v) is 3.10. The normalized spacial score (nSPS) is 25.1. The van der Waals surface area contributed by atoms with Gasteiger partial charge in [0.1, 0.15) is 5.69 Å². The van der Waals surface area contributed by atoms with Crippen molar-refractivity contribution in [2.75, 3.05) is 7.05 Å². The molecule has 4 heteroatoms. The SMILES string of the molecule is CN([CH]C1CCC12CCC2)C(=O)c1cc[nH]n1. The molecule has 2 aliphatic rings. The lowest BCUT2D eigenvalue weighted by Crippen LogP contribution is -2.48. The number of aromatic amines is 1. The molecule has 1 N–H and O–H groups in total. The molecule has 1 spiro atoms. The molecule has 0 aliphatic heterocycles. The van der Waals surface area contributed by atoms with Crippen LogP contribution in [-0.2, 0) is 0 Å². The molecular formula is C13H18N3O. The summed E-state index contributed by atoms with van der Waals surface area (Å²) in [7, 11) is 1.84. The van der Waals surface area contributed by atoms with Crippen molar-refractivity contribution in [3.05, 3.63) is 24.5 Å². The molecule has 0 bridgehead atoms. The van der Waals surface area contributed by atoms with Crippen LogP contribution in [0.1, 0.15) is 42.6 Å². The first kappa shape index (κ1) is 10.8. The van der Waals surface area contributed by atoms with Crippen LogP contribution in [0.5, 0.6) is 0 Å². The molecule has 4 nitrogen and oxygen atoms in total. The Morgan fingerprint density at radius 2 is 2.41 bits per heavy atom. The van der Waals surface area contributed by atoms with Crippen LogP contribution < -0.4 is 0 Å². The zero-order valence-electron chi connectivity index (χ0n) is 10.1. The largest absolute Gasteiger partial charge is 0.335 e. The molecule has 1 amide bonds. The highest BCUT2D eigenvalue weighted by Crippen LogP contribution is 2.60. The third-order valence-corrected chi connectivity index (χ3v) is 4.53. The minimum atomic E-state index is -0.0207. The van der Waals surface area contributed by atoms with Crippen molar-refractivity contribution in [3.8, 4) is 0 Å². The zero-order chi connectivity index (χ0) is 11.9. The molecule has 1 aromatic rings. The van der Waals surface area contributed by atoms with Gasteiger partial charge in [0.2, 0.25) is 0 Å². The van der Waals surface area contributed by atoms with E-state index in [4.69, 9.17) is 0 Å². The lowest BCUT2D eigenvalue weighted by atomic mass is 9.50. The quantitative estimate of drug-likeness (QED) is 0.868. The van der Waals surface area contributed by atoms with E-state index in [2.05, 4.69) is 16.7 Å². The molecule has 1 radical (unpaired) electrons. The summed E-state index contributed by atoms with van der Waals surface area (Å²) in [5, 5.41) is 6.60. The van der Waals surface area contributed by atoms with Gasteiger partial charge < -0.3 is 4.90 Å². The highest BCUT2D eigenvalue weighted by atomic mass is 16.2. The molecule has 0 aromatic carbocycles. The standard InChI is InChI=1S/C13H18N3O/c1-16(12(17)11-4-8-14-15-11)9-10-3-7-13(10)5-2-6-13/h4,8-10H,2-3,5-7H2,1H3,(H,14,15). The van der Waals surface area contributed by atoms with Crippen molar-refractivity contribution >= 4 is 5.91 Å². The Balaban J connectivity index is 1.60. The van der Waals surface area contributed by atoms with E-state index >= 15 is 0 Å². The number of H-pyrrole nitrogens is 1. The van der Waals surface area contributed by atoms with E-state index in [1.165, 1.54) is 32.1 Å². The lowest BCUT2D eigenvalue weighted by molar-refractivity contribution is -0.0408. The van der Waals surface area contributed by atoms with Crippen LogP contribution in [-0.4, -0.2) is 28.1 Å². The van der Waals surface area contributed by atoms with Crippen LogP contribution in [0.15, 0.2) is 12.3 Å². The van der Waals surface area contributed by atoms with Crippen molar-refractivity contribution in [1.29, 1.82) is 0 Å². The molecule has 1 atom stereocenters. The molecule has 2 aliphatic carbocycles. The van der Waals surface area contributed by atoms with Gasteiger partial charge in [-0.15, -0.1) is 0 Å². The van der Waals surface area contributed by atoms with E-state index in [-0.39, 0.29) is 5.91 Å². The van der Waals surface area contributed by atoms with Crippen molar-refractivity contribution < 1.29 is 4.79 Å². The molecule has 2 fully saturated rings. The summed E-state index contributed by atoms with van der Waals surface area (Å²) in [4.78, 5) is 13.7. The monoisotopic (exact) mass is 232 g/mol. The summed E-state index contributed by atoms with van der Waals surface area (Å²) in [5.41, 5.74) is 1.05. The van der Waals surface area contributed by atoms with Gasteiger partial charge >= 0.3 is 0 Å². The summed E-state index contributed by atoms with van der Waals surface area (Å²) in [6.45, 7) is 2.11. The molecule has 17 heavy (non-hydrogen) atoms. The van der Waals surface area contributed by atoms with E-state index in [1.54, 1.807) is 17.2 Å². The Morgan fingerprint density at radius 1 is 1.59 bits per heavy atom. The minimum Gasteiger partial charge on any atom is -0.335 e. The summed E-state index contributed by atoms with van der Waals surface area (Å²) >= 11 is 0. The van der Waals surface area contributed by atoms with Gasteiger partial charge in [0, 0.05) is 13.2 Å². The molecule has 2 saturated carbocycles. The zero-order valence-corrected chi connectivity index (χ0v) is 10.1. The maximum Gasteiger partial charge on any atom is 0.274 e. The highest BCUT2D eigenvalue weighted by molar-refractivity contribution is 5.92. The highest BCUT2D eigenvalue weighted by Gasteiger charge is 2.50. The first-order valence-corrected chi connectivity index (χ1v) is 6.33. The number of carbonyl (C=O) groups is 1. The lowest BCUT2D eigenvalue weighted by Gasteiger charge is -2.56. The average molecular weight is 232 g/mol. The van der Waals surface area contributed by atoms with E-state index in [0.29, 0.717) is 17.0 Å². The molecule has 3 rings (SSSR count). The second-order valence-corrected chi connectivity index (χ2v) is 5.39. The van der Waals surface area contributed by atoms with Gasteiger partial charge in [-0.2, -0.15) is 5.10 Å². The molecule has 1 heterocycles. The van der Waals surface area contributed by atoms with Gasteiger partial charge in [-0.25, -0.2) is 0 Å². The smallest absolute Gasteiger partial charge is 0.274 e. The number of rotatable bonds is 3. The third kappa shape index (κ3) is 1.66. The average Bonchev–Trinajstić information content (AvgIpc) is 2.74. The molecule has 0 saturated heterocycles. The number of aromatic nitrogens is 2. The number of amides is 1. The summed E-state index contributed by atoms with van der Waals surface area (Å²) in [6.07, 6.45) is 8.31. The third-order valence-electron chi connectivity index (χ3n) is 4.53. The number of hydrogen-bond acceptors (Lipinski definition) is 2. The summed E-state index contributed by atoms with van der Waals surface area (Å²) in [5.74, 6) is 0.580. The van der Waals surface area contributed by atoms with E-state index in [0.717, 1.165) is 0 Å². The fourth-order valence-electron chi connectivity index (χ4n) is 3.10. The van der Waals surface area contributed by atoms with Crippen molar-refractivity contribution in [1.82, 2.24) is 15.1 Å². The topological polar surface area (TPSA) is 49.0 Å². The maximum absolute atomic E-state index is 12.0. The van der Waals surface area contributed by atoms with E-state index in [9.17, 15) is 4.79 Å². The molecule has 1 unspecified atom stereocenters. The van der Waals surface area contributed by atoms with Crippen molar-refractivity contribution in [2.45, 2.75) is 32.1 Å². The number of nitrogens with zero attached hydrogens (tertiary/aromatic N) is 2. The van der Waals surface area contributed by atoms with Gasteiger partial charge in [-0.3, -0.25) is 9.89 Å². The second-order valence-electron chi connectivity index (χ2n) is 5.39. The van der Waals surface area contributed by atoms with E-state index in [1.807, 2.05) is 7.05 Å². The van der Waals surface area contributed by atoms with Crippen LogP contribution >= 0.6 is 0 Å². The Hall–Kier alpha value is -1.32. The first-order chi connectivity index (χ1) is 8.21. The summed E-state index contributed by atoms with van der Waals surface area (Å²) in [6, 6.07) is 1.71. The first-order valence-electron chi connectivity index (χ1n) is 6.33. The predicted molar refractivity (Wildman–Crippen MR) is 64.0 cm³/mol. The van der Waals surface area contributed by atoms with Crippen LogP contribution in [0, 0.1) is 17.9 Å². The van der Waals surface area contributed by atoms with Gasteiger partial charge in [0.05, 0.1) is 6.54 Å². The number of nitrogens with one attached hydrogen (secondary N) is 1. The Kier molecular flexibility index (Phi) is 2.45. The van der Waals surface area contributed by atoms with Crippen molar-refractivity contribution in [3.63, 3.8) is 0 Å². The number of carbonyl (C=O) groups excluding carboxylic acids is 1. The number of hydrogen-bond donors (Lipinski definition) is 1. The van der Waals surface area contributed by atoms with Crippen LogP contribution in [0.4, 0.5) is 0 Å². The van der Waals surface area contributed by atoms with E-state index < -0.39 is 0 Å². The molecular weight excluding hydrogens is 214 g/mol.